The van der Waals surface area contributed by atoms with Gasteiger partial charge in [-0.25, -0.2) is 9.97 Å². The first-order valence-corrected chi connectivity index (χ1v) is 6.07. The van der Waals surface area contributed by atoms with Crippen LogP contribution in [0.1, 0.15) is 39.4 Å². The van der Waals surface area contributed by atoms with Crippen LogP contribution in [0.2, 0.25) is 0 Å². The molecule has 1 amide bonds. The van der Waals surface area contributed by atoms with Gasteiger partial charge < -0.3 is 5.32 Å². The van der Waals surface area contributed by atoms with E-state index < -0.39 is 0 Å². The number of hydrogen-bond donors (Lipinski definition) is 1. The molecule has 1 aromatic heterocycles. The minimum Gasteiger partial charge on any atom is -0.350 e. The van der Waals surface area contributed by atoms with E-state index in [1.165, 1.54) is 6.33 Å². The van der Waals surface area contributed by atoms with E-state index in [0.717, 1.165) is 5.69 Å². The Kier molecular flexibility index (Phi) is 4.78. The highest BCUT2D eigenvalue weighted by Gasteiger charge is 2.19. The second-order valence-electron chi connectivity index (χ2n) is 5.52. The van der Waals surface area contributed by atoms with Gasteiger partial charge in [-0.1, -0.05) is 0 Å². The lowest BCUT2D eigenvalue weighted by Crippen LogP contribution is -2.45. The molecule has 1 aromatic rings. The molecule has 18 heavy (non-hydrogen) atoms. The quantitative estimate of drug-likeness (QED) is 0.877. The molecule has 0 radical (unpaired) electrons. The van der Waals surface area contributed by atoms with Crippen LogP contribution in [0.4, 0.5) is 0 Å². The standard InChI is InChI=1S/C13H22N4O/c1-10(11-6-7-14-9-15-11)17(5)8-12(18)16-13(2,3)4/h6-7,9-10H,8H2,1-5H3,(H,16,18)/t10-/m1/s1. The molecule has 1 rings (SSSR count). The van der Waals surface area contributed by atoms with Gasteiger partial charge in [0.15, 0.2) is 0 Å². The molecule has 0 saturated heterocycles. The van der Waals surface area contributed by atoms with Gasteiger partial charge in [0.2, 0.25) is 5.91 Å². The fourth-order valence-corrected chi connectivity index (χ4v) is 1.60. The Labute approximate surface area is 109 Å². The van der Waals surface area contributed by atoms with Gasteiger partial charge in [0.05, 0.1) is 12.2 Å². The number of amides is 1. The van der Waals surface area contributed by atoms with E-state index in [0.29, 0.717) is 6.54 Å². The molecule has 0 aromatic carbocycles. The van der Waals surface area contributed by atoms with Crippen LogP contribution in [0, 0.1) is 0 Å². The Balaban J connectivity index is 2.55. The number of rotatable bonds is 4. The van der Waals surface area contributed by atoms with Crippen molar-refractivity contribution in [3.63, 3.8) is 0 Å². The molecule has 0 bridgehead atoms. The third-order valence-corrected chi connectivity index (χ3v) is 2.60. The van der Waals surface area contributed by atoms with Crippen LogP contribution in [0.15, 0.2) is 18.6 Å². The minimum atomic E-state index is -0.198. The zero-order chi connectivity index (χ0) is 13.8. The predicted octanol–water partition coefficient (Wildman–Crippen LogP) is 1.38. The van der Waals surface area contributed by atoms with Gasteiger partial charge in [0, 0.05) is 17.8 Å². The highest BCUT2D eigenvalue weighted by molar-refractivity contribution is 5.78. The van der Waals surface area contributed by atoms with Crippen molar-refractivity contribution in [2.45, 2.75) is 39.3 Å². The van der Waals surface area contributed by atoms with Gasteiger partial charge in [-0.3, -0.25) is 9.69 Å². The molecule has 0 fully saturated rings. The first kappa shape index (κ1) is 14.6. The van der Waals surface area contributed by atoms with E-state index in [4.69, 9.17) is 0 Å². The van der Waals surface area contributed by atoms with E-state index in [1.54, 1.807) is 6.20 Å². The van der Waals surface area contributed by atoms with E-state index in [-0.39, 0.29) is 17.5 Å². The van der Waals surface area contributed by atoms with Crippen LogP contribution in [-0.2, 0) is 4.79 Å². The van der Waals surface area contributed by atoms with Crippen molar-refractivity contribution in [1.29, 1.82) is 0 Å². The Bertz CT molecular complexity index is 386. The summed E-state index contributed by atoms with van der Waals surface area (Å²) in [7, 11) is 1.91. The van der Waals surface area contributed by atoms with Crippen molar-refractivity contribution < 1.29 is 4.79 Å². The predicted molar refractivity (Wildman–Crippen MR) is 71.0 cm³/mol. The average molecular weight is 250 g/mol. The van der Waals surface area contributed by atoms with Crippen LogP contribution >= 0.6 is 0 Å². The number of nitrogens with zero attached hydrogens (tertiary/aromatic N) is 3. The van der Waals surface area contributed by atoms with Crippen molar-refractivity contribution >= 4 is 5.91 Å². The fraction of sp³-hybridized carbons (Fsp3) is 0.615. The highest BCUT2D eigenvalue weighted by Crippen LogP contribution is 2.14. The number of carbonyl (C=O) groups excluding carboxylic acids is 1. The SMILES string of the molecule is C[C@H](c1ccncn1)N(C)CC(=O)NC(C)(C)C. The molecule has 0 unspecified atom stereocenters. The van der Waals surface area contributed by atoms with Crippen molar-refractivity contribution in [3.8, 4) is 0 Å². The monoisotopic (exact) mass is 250 g/mol. The van der Waals surface area contributed by atoms with Crippen LogP contribution in [0.3, 0.4) is 0 Å². The van der Waals surface area contributed by atoms with Crippen LogP contribution in [-0.4, -0.2) is 39.9 Å². The van der Waals surface area contributed by atoms with Crippen LogP contribution in [0.5, 0.6) is 0 Å². The summed E-state index contributed by atoms with van der Waals surface area (Å²) < 4.78 is 0. The van der Waals surface area contributed by atoms with E-state index in [2.05, 4.69) is 15.3 Å². The van der Waals surface area contributed by atoms with Gasteiger partial charge in [-0.15, -0.1) is 0 Å². The number of aromatic nitrogens is 2. The number of carbonyl (C=O) groups is 1. The van der Waals surface area contributed by atoms with E-state index in [9.17, 15) is 4.79 Å². The summed E-state index contributed by atoms with van der Waals surface area (Å²) in [5.41, 5.74) is 0.715. The van der Waals surface area contributed by atoms with E-state index >= 15 is 0 Å². The maximum Gasteiger partial charge on any atom is 0.234 e. The Morgan fingerprint density at radius 3 is 2.67 bits per heavy atom. The molecule has 100 valence electrons. The second-order valence-corrected chi connectivity index (χ2v) is 5.52. The smallest absolute Gasteiger partial charge is 0.234 e. The summed E-state index contributed by atoms with van der Waals surface area (Å²) in [6.45, 7) is 8.28. The normalized spacial score (nSPS) is 13.4. The molecular formula is C13H22N4O. The highest BCUT2D eigenvalue weighted by atomic mass is 16.2. The van der Waals surface area contributed by atoms with Gasteiger partial charge in [-0.05, 0) is 40.8 Å². The van der Waals surface area contributed by atoms with Crippen molar-refractivity contribution in [1.82, 2.24) is 20.2 Å². The zero-order valence-corrected chi connectivity index (χ0v) is 11.8. The largest absolute Gasteiger partial charge is 0.350 e. The number of hydrogen-bond acceptors (Lipinski definition) is 4. The molecule has 5 heteroatoms. The summed E-state index contributed by atoms with van der Waals surface area (Å²) in [5.74, 6) is 0.0194. The molecule has 0 aliphatic rings. The first-order valence-electron chi connectivity index (χ1n) is 6.07. The van der Waals surface area contributed by atoms with Crippen molar-refractivity contribution in [2.24, 2.45) is 0 Å². The maximum absolute atomic E-state index is 11.8. The third kappa shape index (κ3) is 4.79. The molecular weight excluding hydrogens is 228 g/mol. The molecule has 0 saturated carbocycles. The molecule has 1 atom stereocenters. The number of likely N-dealkylation sites (N-methyl/N-ethyl adjacent to an activating group) is 1. The molecule has 0 aliphatic carbocycles. The number of nitrogens with one attached hydrogen (secondary N) is 1. The lowest BCUT2D eigenvalue weighted by atomic mass is 10.1. The molecule has 0 aliphatic heterocycles. The van der Waals surface area contributed by atoms with E-state index in [1.807, 2.05) is 45.7 Å². The summed E-state index contributed by atoms with van der Waals surface area (Å²) in [5, 5.41) is 2.94. The lowest BCUT2D eigenvalue weighted by molar-refractivity contribution is -0.123. The lowest BCUT2D eigenvalue weighted by Gasteiger charge is -2.26. The summed E-state index contributed by atoms with van der Waals surface area (Å²) >= 11 is 0. The van der Waals surface area contributed by atoms with Crippen LogP contribution < -0.4 is 5.32 Å². The Hall–Kier alpha value is -1.49. The molecule has 1 N–H and O–H groups in total. The van der Waals surface area contributed by atoms with Crippen molar-refractivity contribution in [2.75, 3.05) is 13.6 Å². The summed E-state index contributed by atoms with van der Waals surface area (Å²) in [6, 6.07) is 1.95. The maximum atomic E-state index is 11.8. The van der Waals surface area contributed by atoms with Crippen LogP contribution in [0.25, 0.3) is 0 Å². The van der Waals surface area contributed by atoms with Gasteiger partial charge in [-0.2, -0.15) is 0 Å². The fourth-order valence-electron chi connectivity index (χ4n) is 1.60. The average Bonchev–Trinajstić information content (AvgIpc) is 2.26. The molecule has 1 heterocycles. The molecule has 0 spiro atoms. The van der Waals surface area contributed by atoms with Gasteiger partial charge in [0.25, 0.3) is 0 Å². The summed E-state index contributed by atoms with van der Waals surface area (Å²) in [6.07, 6.45) is 3.23. The van der Waals surface area contributed by atoms with Gasteiger partial charge in [0.1, 0.15) is 6.33 Å². The minimum absolute atomic E-state index is 0.0194. The Morgan fingerprint density at radius 1 is 1.50 bits per heavy atom. The zero-order valence-electron chi connectivity index (χ0n) is 11.8. The summed E-state index contributed by atoms with van der Waals surface area (Å²) in [4.78, 5) is 21.9. The van der Waals surface area contributed by atoms with Gasteiger partial charge >= 0.3 is 0 Å². The third-order valence-electron chi connectivity index (χ3n) is 2.60. The topological polar surface area (TPSA) is 58.1 Å². The Morgan fingerprint density at radius 2 is 2.17 bits per heavy atom. The first-order chi connectivity index (χ1) is 8.29. The second kappa shape index (κ2) is 5.91. The molecule has 5 nitrogen and oxygen atoms in total. The van der Waals surface area contributed by atoms with Crippen molar-refractivity contribution in [3.05, 3.63) is 24.3 Å².